The number of sulfonamides is 1. The number of hydrogen-bond acceptors (Lipinski definition) is 10. The van der Waals surface area contributed by atoms with Crippen molar-refractivity contribution in [2.45, 2.75) is 133 Å². The number of allylic oxidation sites excluding steroid dienone is 1. The van der Waals surface area contributed by atoms with Crippen LogP contribution in [0.5, 0.6) is 5.88 Å². The lowest BCUT2D eigenvalue weighted by atomic mass is 9.88. The fraction of sp³-hybridized carbons (Fsp3) is 0.641. The highest BCUT2D eigenvalue weighted by atomic mass is 32.2. The Labute approximate surface area is 338 Å². The molecule has 4 aliphatic rings. The van der Waals surface area contributed by atoms with Gasteiger partial charge in [-0.3, -0.25) is 23.9 Å². The maximum Gasteiger partial charge on any atom is 0.427 e. The Morgan fingerprint density at radius 1 is 1.09 bits per heavy atom. The molecule has 2 aliphatic heterocycles. The van der Waals surface area contributed by atoms with Crippen LogP contribution >= 0.6 is 0 Å². The van der Waals surface area contributed by atoms with Gasteiger partial charge in [0.1, 0.15) is 23.7 Å². The minimum atomic E-state index is -4.93. The van der Waals surface area contributed by atoms with Gasteiger partial charge in [0.05, 0.1) is 22.1 Å². The first-order valence-electron chi connectivity index (χ1n) is 19.6. The Morgan fingerprint density at radius 2 is 1.76 bits per heavy atom. The van der Waals surface area contributed by atoms with Gasteiger partial charge < -0.3 is 25.0 Å². The molecule has 7 atom stereocenters. The van der Waals surface area contributed by atoms with E-state index in [1.165, 1.54) is 11.6 Å². The Bertz CT molecular complexity index is 2190. The summed E-state index contributed by atoms with van der Waals surface area (Å²) in [5.74, 6) is -3.78. The number of nitrogens with zero attached hydrogens (tertiary/aromatic N) is 3. The van der Waals surface area contributed by atoms with Crippen molar-refractivity contribution < 1.29 is 54.5 Å². The third-order valence-corrected chi connectivity index (χ3v) is 14.1. The van der Waals surface area contributed by atoms with E-state index in [9.17, 15) is 45.6 Å². The predicted octanol–water partition coefficient (Wildman–Crippen LogP) is 4.82. The lowest BCUT2D eigenvalue weighted by Gasteiger charge is -2.34. The minimum Gasteiger partial charge on any atom is -0.471 e. The van der Waals surface area contributed by atoms with Gasteiger partial charge in [-0.25, -0.2) is 17.9 Å². The maximum absolute atomic E-state index is 14.8. The van der Waals surface area contributed by atoms with E-state index in [2.05, 4.69) is 20.5 Å². The smallest absolute Gasteiger partial charge is 0.427 e. The summed E-state index contributed by atoms with van der Waals surface area (Å²) in [5.41, 5.74) is -4.92. The predicted molar refractivity (Wildman–Crippen MR) is 211 cm³/mol. The number of hydrogen-bond donors (Lipinski definition) is 3. The maximum atomic E-state index is 14.8. The average molecular weight is 843 g/mol. The van der Waals surface area contributed by atoms with Crippen molar-refractivity contribution in [3.63, 3.8) is 0 Å². The third kappa shape index (κ3) is 8.41. The summed E-state index contributed by atoms with van der Waals surface area (Å²) in [5, 5.41) is 10.2. The highest BCUT2D eigenvalue weighted by Gasteiger charge is 2.63. The Hall–Kier alpha value is -4.68. The number of amides is 4. The molecule has 15 nitrogen and oxygen atoms in total. The number of carbonyl (C=O) groups excluding carboxylic acids is 4. The van der Waals surface area contributed by atoms with Crippen molar-refractivity contribution in [1.82, 2.24) is 30.0 Å². The largest absolute Gasteiger partial charge is 0.471 e. The van der Waals surface area contributed by atoms with Gasteiger partial charge in [-0.15, -0.1) is 5.10 Å². The molecule has 19 heteroatoms. The summed E-state index contributed by atoms with van der Waals surface area (Å²) in [6, 6.07) is 3.79. The Morgan fingerprint density at radius 3 is 2.40 bits per heavy atom. The molecule has 2 saturated carbocycles. The van der Waals surface area contributed by atoms with Crippen LogP contribution in [0.1, 0.15) is 90.8 Å². The summed E-state index contributed by atoms with van der Waals surface area (Å²) in [7, 11) is -4.09. The van der Waals surface area contributed by atoms with Gasteiger partial charge in [0, 0.05) is 23.2 Å². The second-order valence-electron chi connectivity index (χ2n) is 17.0. The van der Waals surface area contributed by atoms with Crippen LogP contribution in [0.15, 0.2) is 41.2 Å². The molecular formula is C39H57F3N6O9S. The Kier molecular flexibility index (Phi) is 11.5. The molecule has 6 rings (SSSR count). The van der Waals surface area contributed by atoms with Crippen molar-refractivity contribution in [2.24, 2.45) is 17.8 Å². The van der Waals surface area contributed by atoms with Crippen LogP contribution in [0.3, 0.4) is 0 Å². The van der Waals surface area contributed by atoms with Crippen LogP contribution in [-0.4, -0.2) is 93.7 Å². The van der Waals surface area contributed by atoms with Gasteiger partial charge >= 0.3 is 12.3 Å². The molecule has 2 aromatic rings. The zero-order valence-corrected chi connectivity index (χ0v) is 34.2. The summed E-state index contributed by atoms with van der Waals surface area (Å²) in [6.45, 7) is 8.14. The number of alkyl carbamates (subject to hydrolysis) is 1. The molecule has 3 heterocycles. The zero-order valence-electron chi connectivity index (χ0n) is 33.4. The normalized spacial score (nSPS) is 29.5. The van der Waals surface area contributed by atoms with E-state index in [0.29, 0.717) is 56.7 Å². The van der Waals surface area contributed by atoms with E-state index in [1.807, 2.05) is 13.0 Å². The van der Waals surface area contributed by atoms with E-state index in [1.54, 1.807) is 44.2 Å². The summed E-state index contributed by atoms with van der Waals surface area (Å²) < 4.78 is 81.0. The SMILES string of the molecule is CCn1nc(O[C@@H]2C[C@H]3C(=O)N[C@]4(C(=O)NS(=O)(=O)C5(C)CC5)C[C@H]4/C=C\CC[C@H](C)C[C@@H](C)[C@H](NC(=O)OC(C)(C)C(F)(F)F)C(=O)N3C2)c2ccccc2c1=O.[HH].[HH].[HH]. The number of aryl methyl sites for hydroxylation is 1. The van der Waals surface area contributed by atoms with E-state index in [4.69, 9.17) is 9.47 Å². The van der Waals surface area contributed by atoms with Crippen LogP contribution < -0.4 is 25.7 Å². The highest BCUT2D eigenvalue weighted by molar-refractivity contribution is 7.91. The molecule has 0 radical (unpaired) electrons. The van der Waals surface area contributed by atoms with Gasteiger partial charge in [-0.05, 0) is 90.2 Å². The van der Waals surface area contributed by atoms with Crippen molar-refractivity contribution in [3.05, 3.63) is 46.8 Å². The number of rotatable bonds is 8. The molecule has 0 bridgehead atoms. The van der Waals surface area contributed by atoms with Gasteiger partial charge in [-0.2, -0.15) is 13.2 Å². The third-order valence-electron chi connectivity index (χ3n) is 12.0. The molecule has 2 aliphatic carbocycles. The molecule has 1 saturated heterocycles. The summed E-state index contributed by atoms with van der Waals surface area (Å²) in [6.07, 6.45) is -1.63. The minimum absolute atomic E-state index is 0. The van der Waals surface area contributed by atoms with Gasteiger partial charge in [0.25, 0.3) is 11.5 Å². The number of halogens is 3. The molecule has 0 spiro atoms. The lowest BCUT2D eigenvalue weighted by Crippen LogP contribution is -2.59. The van der Waals surface area contributed by atoms with E-state index < -0.39 is 85.9 Å². The summed E-state index contributed by atoms with van der Waals surface area (Å²) >= 11 is 0. The molecule has 1 aromatic heterocycles. The monoisotopic (exact) mass is 842 g/mol. The van der Waals surface area contributed by atoms with Gasteiger partial charge in [0.15, 0.2) is 0 Å². The first-order valence-corrected chi connectivity index (χ1v) is 21.1. The first-order chi connectivity index (χ1) is 27.0. The zero-order chi connectivity index (χ0) is 42.6. The van der Waals surface area contributed by atoms with E-state index in [0.717, 1.165) is 4.90 Å². The number of nitrogens with one attached hydrogen (secondary N) is 3. The number of aromatic nitrogens is 2. The molecule has 3 fully saturated rings. The van der Waals surface area contributed by atoms with Crippen LogP contribution in [0.25, 0.3) is 10.8 Å². The highest BCUT2D eigenvalue weighted by Crippen LogP contribution is 2.47. The average Bonchev–Trinajstić information content (AvgIpc) is 4.02. The second kappa shape index (κ2) is 15.5. The Balaban J connectivity index is 0.00000331. The molecule has 324 valence electrons. The number of carbonyl (C=O) groups is 4. The molecule has 3 N–H and O–H groups in total. The van der Waals surface area contributed by atoms with Crippen molar-refractivity contribution in [2.75, 3.05) is 6.54 Å². The number of alkyl halides is 3. The quantitative estimate of drug-likeness (QED) is 0.310. The number of ether oxygens (including phenoxy) is 2. The van der Waals surface area contributed by atoms with Crippen molar-refractivity contribution in [1.29, 1.82) is 0 Å². The van der Waals surface area contributed by atoms with Crippen molar-refractivity contribution >= 4 is 44.6 Å². The molecule has 1 aromatic carbocycles. The van der Waals surface area contributed by atoms with Crippen molar-refractivity contribution in [3.8, 4) is 5.88 Å². The topological polar surface area (TPSA) is 195 Å². The van der Waals surface area contributed by atoms with Gasteiger partial charge in [-0.1, -0.05) is 38.1 Å². The van der Waals surface area contributed by atoms with E-state index in [-0.39, 0.29) is 47.6 Å². The number of benzene rings is 1. The van der Waals surface area contributed by atoms with Crippen LogP contribution in [-0.2, 0) is 35.7 Å². The molecule has 58 heavy (non-hydrogen) atoms. The lowest BCUT2D eigenvalue weighted by molar-refractivity contribution is -0.244. The van der Waals surface area contributed by atoms with E-state index >= 15 is 0 Å². The standard InChI is InChI=1S/C39H51F3N6O9S.3H2/c1-7-48-32(50)27-15-11-10-14-26(27)31(45-48)56-25-19-28-30(49)44-38(34(52)46-58(54,55)37(6)16-17-37)20-24(38)13-9-8-12-22(2)18-23(3)29(33(51)47(28)21-25)43-35(53)57-36(4,5)39(40,41)42;;;/h9-11,13-15,22-25,28-29H,7-8,12,16-21H2,1-6H3,(H,43,53)(H,44,49)(H,46,52);3*1H/b13-9-;;;/t22-,23+,24+,25+,28-,29-,38+;;;/m0.../s1. The molecule has 4 amide bonds. The molecular weight excluding hydrogens is 786 g/mol. The van der Waals surface area contributed by atoms with Crippen LogP contribution in [0.4, 0.5) is 18.0 Å². The number of fused-ring (bicyclic) bond motifs is 3. The summed E-state index contributed by atoms with van der Waals surface area (Å²) in [4.78, 5) is 70.5. The van der Waals surface area contributed by atoms with Crippen LogP contribution in [0, 0.1) is 17.8 Å². The fourth-order valence-corrected chi connectivity index (χ4v) is 9.02. The van der Waals surface area contributed by atoms with Gasteiger partial charge in [0.2, 0.25) is 33.3 Å². The fourth-order valence-electron chi connectivity index (χ4n) is 7.71. The molecule has 0 unspecified atom stereocenters. The second-order valence-corrected chi connectivity index (χ2v) is 19.1. The van der Waals surface area contributed by atoms with Crippen LogP contribution in [0.2, 0.25) is 0 Å². The first kappa shape index (κ1) is 42.9.